The first kappa shape index (κ1) is 11.9. The summed E-state index contributed by atoms with van der Waals surface area (Å²) in [4.78, 5) is 10.9. The molecule has 2 aromatic heterocycles. The van der Waals surface area contributed by atoms with Crippen LogP contribution in [0.3, 0.4) is 0 Å². The number of halogens is 1. The molecule has 0 saturated heterocycles. The molecule has 0 aliphatic rings. The Balaban J connectivity index is 2.11. The average Bonchev–Trinajstić information content (AvgIpc) is 2.80. The lowest BCUT2D eigenvalue weighted by atomic mass is 10.6. The van der Waals surface area contributed by atoms with Crippen molar-refractivity contribution in [1.29, 1.82) is 0 Å². The van der Waals surface area contributed by atoms with E-state index in [4.69, 9.17) is 11.6 Å². The quantitative estimate of drug-likeness (QED) is 0.742. The fourth-order valence-electron chi connectivity index (χ4n) is 1.00. The number of nitrogens with zero attached hydrogens (tertiary/aromatic N) is 4. The molecular weight excluding hydrogens is 268 g/mol. The Morgan fingerprint density at radius 3 is 2.59 bits per heavy atom. The molecule has 17 heavy (non-hydrogen) atoms. The third-order valence-electron chi connectivity index (χ3n) is 1.80. The van der Waals surface area contributed by atoms with Gasteiger partial charge in [0.25, 0.3) is 0 Å². The smallest absolute Gasteiger partial charge is 0.244 e. The second-order valence-corrected chi connectivity index (χ2v) is 5.05. The zero-order valence-electron chi connectivity index (χ0n) is 8.33. The molecule has 2 aromatic rings. The SMILES string of the molecule is O=S(=O)(NCc1ncn[nH]1)c1cnc(Cl)nc1. The van der Waals surface area contributed by atoms with Crippen molar-refractivity contribution in [2.75, 3.05) is 0 Å². The molecule has 0 atom stereocenters. The van der Waals surface area contributed by atoms with Crippen LogP contribution in [0.5, 0.6) is 0 Å². The van der Waals surface area contributed by atoms with Crippen molar-refractivity contribution in [2.24, 2.45) is 0 Å². The highest BCUT2D eigenvalue weighted by Gasteiger charge is 2.15. The Morgan fingerprint density at radius 2 is 2.00 bits per heavy atom. The number of rotatable bonds is 4. The van der Waals surface area contributed by atoms with Crippen molar-refractivity contribution in [1.82, 2.24) is 29.9 Å². The maximum absolute atomic E-state index is 11.7. The Bertz CT molecular complexity index is 581. The maximum atomic E-state index is 11.7. The normalized spacial score (nSPS) is 11.6. The molecule has 0 amide bonds. The van der Waals surface area contributed by atoms with Crippen LogP contribution in [-0.4, -0.2) is 33.6 Å². The highest BCUT2D eigenvalue weighted by molar-refractivity contribution is 7.89. The number of aromatic amines is 1. The van der Waals surface area contributed by atoms with Gasteiger partial charge < -0.3 is 0 Å². The standard InChI is InChI=1S/C7H7ClN6O2S/c8-7-9-1-5(2-10-7)17(15,16)13-3-6-11-4-12-14-6/h1-2,4,13H,3H2,(H,11,12,14). The second-order valence-electron chi connectivity index (χ2n) is 2.94. The van der Waals surface area contributed by atoms with E-state index in [9.17, 15) is 8.42 Å². The van der Waals surface area contributed by atoms with Gasteiger partial charge in [-0.3, -0.25) is 5.10 Å². The summed E-state index contributed by atoms with van der Waals surface area (Å²) < 4.78 is 25.8. The van der Waals surface area contributed by atoms with Crippen LogP contribution >= 0.6 is 11.6 Å². The van der Waals surface area contributed by atoms with Crippen LogP contribution in [0.4, 0.5) is 0 Å². The summed E-state index contributed by atoms with van der Waals surface area (Å²) in [7, 11) is -3.67. The van der Waals surface area contributed by atoms with Crippen LogP contribution in [-0.2, 0) is 16.6 Å². The molecule has 0 aliphatic carbocycles. The van der Waals surface area contributed by atoms with Crippen LogP contribution in [0, 0.1) is 0 Å². The zero-order chi connectivity index (χ0) is 12.3. The van der Waals surface area contributed by atoms with E-state index in [1.54, 1.807) is 0 Å². The van der Waals surface area contributed by atoms with Crippen LogP contribution in [0.1, 0.15) is 5.82 Å². The first-order valence-corrected chi connectivity index (χ1v) is 6.25. The van der Waals surface area contributed by atoms with Crippen LogP contribution in [0.15, 0.2) is 23.6 Å². The van der Waals surface area contributed by atoms with Crippen molar-refractivity contribution in [3.05, 3.63) is 29.8 Å². The van der Waals surface area contributed by atoms with Gasteiger partial charge in [-0.25, -0.2) is 28.1 Å². The predicted octanol–water partition coefficient (Wildman–Crippen LogP) is -0.273. The third-order valence-corrected chi connectivity index (χ3v) is 3.35. The van der Waals surface area contributed by atoms with Gasteiger partial charge in [0, 0.05) is 0 Å². The average molecular weight is 275 g/mol. The molecule has 0 unspecified atom stereocenters. The molecule has 2 N–H and O–H groups in total. The van der Waals surface area contributed by atoms with E-state index in [1.807, 2.05) is 0 Å². The minimum atomic E-state index is -3.67. The number of hydrogen-bond donors (Lipinski definition) is 2. The molecule has 0 fully saturated rings. The van der Waals surface area contributed by atoms with Gasteiger partial charge in [0.2, 0.25) is 15.3 Å². The minimum Gasteiger partial charge on any atom is -0.262 e. The number of nitrogens with one attached hydrogen (secondary N) is 2. The van der Waals surface area contributed by atoms with E-state index in [2.05, 4.69) is 29.9 Å². The van der Waals surface area contributed by atoms with Gasteiger partial charge in [-0.2, -0.15) is 5.10 Å². The molecule has 0 bridgehead atoms. The highest BCUT2D eigenvalue weighted by atomic mass is 35.5. The topological polar surface area (TPSA) is 114 Å². The lowest BCUT2D eigenvalue weighted by Gasteiger charge is -2.03. The summed E-state index contributed by atoms with van der Waals surface area (Å²) in [5.41, 5.74) is 0. The minimum absolute atomic E-state index is 0.00492. The molecule has 0 spiro atoms. The molecular formula is C7H7ClN6O2S. The van der Waals surface area contributed by atoms with Gasteiger partial charge in [-0.15, -0.1) is 0 Å². The first-order chi connectivity index (χ1) is 8.08. The van der Waals surface area contributed by atoms with Crippen LogP contribution < -0.4 is 4.72 Å². The van der Waals surface area contributed by atoms with E-state index in [1.165, 1.54) is 6.33 Å². The maximum Gasteiger partial charge on any atom is 0.244 e. The molecule has 2 rings (SSSR count). The Labute approximate surface area is 102 Å². The van der Waals surface area contributed by atoms with Gasteiger partial charge >= 0.3 is 0 Å². The van der Waals surface area contributed by atoms with Gasteiger partial charge in [-0.05, 0) is 11.6 Å². The predicted molar refractivity (Wildman–Crippen MR) is 57.5 cm³/mol. The lowest BCUT2D eigenvalue weighted by molar-refractivity contribution is 0.578. The van der Waals surface area contributed by atoms with Crippen molar-refractivity contribution in [2.45, 2.75) is 11.4 Å². The van der Waals surface area contributed by atoms with E-state index >= 15 is 0 Å². The van der Waals surface area contributed by atoms with Gasteiger partial charge in [-0.1, -0.05) is 0 Å². The van der Waals surface area contributed by atoms with Gasteiger partial charge in [0.15, 0.2) is 0 Å². The summed E-state index contributed by atoms with van der Waals surface area (Å²) in [5, 5.41) is 6.11. The summed E-state index contributed by atoms with van der Waals surface area (Å²) in [6.45, 7) is 0.00492. The van der Waals surface area contributed by atoms with Crippen molar-refractivity contribution in [3.8, 4) is 0 Å². The molecule has 10 heteroatoms. The summed E-state index contributed by atoms with van der Waals surface area (Å²) in [6, 6.07) is 0. The Hall–Kier alpha value is -1.58. The number of sulfonamides is 1. The molecule has 0 aliphatic heterocycles. The summed E-state index contributed by atoms with van der Waals surface area (Å²) in [5.74, 6) is 0.406. The molecule has 8 nitrogen and oxygen atoms in total. The van der Waals surface area contributed by atoms with E-state index in [0.29, 0.717) is 5.82 Å². The van der Waals surface area contributed by atoms with Crippen molar-refractivity contribution >= 4 is 21.6 Å². The van der Waals surface area contributed by atoms with Crippen molar-refractivity contribution < 1.29 is 8.42 Å². The fourth-order valence-corrected chi connectivity index (χ4v) is 1.98. The lowest BCUT2D eigenvalue weighted by Crippen LogP contribution is -2.24. The molecule has 2 heterocycles. The van der Waals surface area contributed by atoms with Gasteiger partial charge in [0.1, 0.15) is 17.0 Å². The summed E-state index contributed by atoms with van der Waals surface area (Å²) >= 11 is 5.46. The van der Waals surface area contributed by atoms with Crippen molar-refractivity contribution in [3.63, 3.8) is 0 Å². The monoisotopic (exact) mass is 274 g/mol. The van der Waals surface area contributed by atoms with E-state index < -0.39 is 10.0 Å². The molecule has 90 valence electrons. The highest BCUT2D eigenvalue weighted by Crippen LogP contribution is 2.07. The number of hydrogen-bond acceptors (Lipinski definition) is 6. The molecule has 0 saturated carbocycles. The van der Waals surface area contributed by atoms with E-state index in [0.717, 1.165) is 12.4 Å². The fraction of sp³-hybridized carbons (Fsp3) is 0.143. The molecule has 0 radical (unpaired) electrons. The van der Waals surface area contributed by atoms with Crippen LogP contribution in [0.2, 0.25) is 5.28 Å². The van der Waals surface area contributed by atoms with Gasteiger partial charge in [0.05, 0.1) is 18.9 Å². The third kappa shape index (κ3) is 2.96. The van der Waals surface area contributed by atoms with E-state index in [-0.39, 0.29) is 16.7 Å². The first-order valence-electron chi connectivity index (χ1n) is 4.39. The second kappa shape index (κ2) is 4.73. The largest absolute Gasteiger partial charge is 0.262 e. The number of H-pyrrole nitrogens is 1. The molecule has 0 aromatic carbocycles. The zero-order valence-corrected chi connectivity index (χ0v) is 9.90. The Kier molecular flexibility index (Phi) is 3.31. The summed E-state index contributed by atoms with van der Waals surface area (Å²) in [6.07, 6.45) is 3.53. The Morgan fingerprint density at radius 1 is 1.29 bits per heavy atom. The number of aromatic nitrogens is 5. The van der Waals surface area contributed by atoms with Crippen LogP contribution in [0.25, 0.3) is 0 Å².